The number of benzene rings is 2. The fraction of sp³-hybridized carbons (Fsp3) is 0.409. The van der Waals surface area contributed by atoms with Crippen molar-refractivity contribution < 1.29 is 13.2 Å². The molecular formula is C22H29N3O3S. The zero-order valence-corrected chi connectivity index (χ0v) is 18.2. The quantitative estimate of drug-likeness (QED) is 0.726. The van der Waals surface area contributed by atoms with Crippen molar-refractivity contribution in [3.8, 4) is 0 Å². The zero-order chi connectivity index (χ0) is 21.0. The summed E-state index contributed by atoms with van der Waals surface area (Å²) in [7, 11) is -1.65. The Bertz CT molecular complexity index is 953. The molecule has 1 fully saturated rings. The maximum absolute atomic E-state index is 13.4. The third-order valence-corrected chi connectivity index (χ3v) is 7.09. The second kappa shape index (κ2) is 8.97. The van der Waals surface area contributed by atoms with Crippen LogP contribution in [-0.2, 0) is 14.6 Å². The van der Waals surface area contributed by atoms with Crippen molar-refractivity contribution in [1.29, 1.82) is 0 Å². The topological polar surface area (TPSA) is 60.9 Å². The van der Waals surface area contributed by atoms with Gasteiger partial charge in [0, 0.05) is 45.3 Å². The maximum Gasteiger partial charge on any atom is 0.223 e. The Morgan fingerprint density at radius 1 is 1.03 bits per heavy atom. The van der Waals surface area contributed by atoms with Crippen molar-refractivity contribution >= 4 is 27.1 Å². The van der Waals surface area contributed by atoms with Crippen LogP contribution in [0.1, 0.15) is 20.3 Å². The van der Waals surface area contributed by atoms with E-state index in [-0.39, 0.29) is 15.7 Å². The summed E-state index contributed by atoms with van der Waals surface area (Å²) in [6.07, 6.45) is 0.739. The molecule has 0 unspecified atom stereocenters. The summed E-state index contributed by atoms with van der Waals surface area (Å²) in [6, 6.07) is 13.7. The second-order valence-corrected chi connectivity index (χ2v) is 9.35. The minimum Gasteiger partial charge on any atom is -0.369 e. The second-order valence-electron chi connectivity index (χ2n) is 7.43. The molecule has 2 aromatic carbocycles. The van der Waals surface area contributed by atoms with Gasteiger partial charge in [0.05, 0.1) is 15.5 Å². The van der Waals surface area contributed by atoms with Gasteiger partial charge in [0.25, 0.3) is 0 Å². The lowest BCUT2D eigenvalue weighted by Gasteiger charge is -2.35. The fourth-order valence-electron chi connectivity index (χ4n) is 3.60. The van der Waals surface area contributed by atoms with E-state index in [9.17, 15) is 13.2 Å². The van der Waals surface area contributed by atoms with E-state index in [1.807, 2.05) is 19.1 Å². The molecule has 0 aliphatic carbocycles. The van der Waals surface area contributed by atoms with E-state index in [1.165, 1.54) is 6.92 Å². The van der Waals surface area contributed by atoms with E-state index in [1.54, 1.807) is 41.3 Å². The highest BCUT2D eigenvalue weighted by Crippen LogP contribution is 2.34. The number of nitrogens with zero attached hydrogens (tertiary/aromatic N) is 3. The number of anilines is 2. The molecule has 0 bridgehead atoms. The molecule has 1 saturated heterocycles. The van der Waals surface area contributed by atoms with Crippen LogP contribution in [0.15, 0.2) is 58.3 Å². The van der Waals surface area contributed by atoms with Crippen molar-refractivity contribution in [2.75, 3.05) is 49.6 Å². The van der Waals surface area contributed by atoms with E-state index in [0.29, 0.717) is 12.2 Å². The number of rotatable bonds is 6. The molecule has 1 amide bonds. The average Bonchev–Trinajstić information content (AvgIpc) is 2.72. The molecule has 3 rings (SSSR count). The monoisotopic (exact) mass is 415 g/mol. The Balaban J connectivity index is 2.11. The number of likely N-dealkylation sites (N-methyl/N-ethyl adjacent to an activating group) is 1. The normalized spacial score (nSPS) is 15.3. The highest BCUT2D eigenvalue weighted by atomic mass is 32.2. The minimum atomic E-state index is -3.74. The summed E-state index contributed by atoms with van der Waals surface area (Å²) in [5, 5.41) is 0. The maximum atomic E-state index is 13.4. The van der Waals surface area contributed by atoms with Crippen molar-refractivity contribution in [2.45, 2.75) is 30.1 Å². The molecule has 0 radical (unpaired) electrons. The fourth-order valence-corrected chi connectivity index (χ4v) is 5.06. The standard InChI is InChI=1S/C22H29N3O3S/c1-4-12-25(18(2)26)21-17-19(24-15-13-23(3)14-16-24)10-11-22(21)29(27,28)20-8-6-5-7-9-20/h5-11,17H,4,12-16H2,1-3H3. The summed E-state index contributed by atoms with van der Waals surface area (Å²) >= 11 is 0. The van der Waals surface area contributed by atoms with Crippen LogP contribution in [-0.4, -0.2) is 59.0 Å². The van der Waals surface area contributed by atoms with Gasteiger partial charge < -0.3 is 14.7 Å². The minimum absolute atomic E-state index is 0.160. The van der Waals surface area contributed by atoms with Gasteiger partial charge in [-0.15, -0.1) is 0 Å². The molecule has 1 aliphatic heterocycles. The highest BCUT2D eigenvalue weighted by Gasteiger charge is 2.27. The van der Waals surface area contributed by atoms with Gasteiger partial charge >= 0.3 is 0 Å². The van der Waals surface area contributed by atoms with Crippen molar-refractivity contribution in [3.63, 3.8) is 0 Å². The van der Waals surface area contributed by atoms with Crippen molar-refractivity contribution in [1.82, 2.24) is 4.90 Å². The van der Waals surface area contributed by atoms with Gasteiger partial charge in [0.1, 0.15) is 0 Å². The first-order chi connectivity index (χ1) is 13.8. The first-order valence-electron chi connectivity index (χ1n) is 10.0. The van der Waals surface area contributed by atoms with Gasteiger partial charge in [0.2, 0.25) is 15.7 Å². The predicted octanol–water partition coefficient (Wildman–Crippen LogP) is 3.03. The Labute approximate surface area is 173 Å². The number of sulfone groups is 1. The zero-order valence-electron chi connectivity index (χ0n) is 17.3. The van der Waals surface area contributed by atoms with Crippen LogP contribution in [0.2, 0.25) is 0 Å². The molecule has 2 aromatic rings. The summed E-state index contributed by atoms with van der Waals surface area (Å²) in [4.78, 5) is 18.9. The number of amides is 1. The largest absolute Gasteiger partial charge is 0.369 e. The van der Waals surface area contributed by atoms with Gasteiger partial charge in [-0.1, -0.05) is 25.1 Å². The van der Waals surface area contributed by atoms with Gasteiger partial charge in [-0.05, 0) is 43.8 Å². The van der Waals surface area contributed by atoms with Gasteiger partial charge in [-0.25, -0.2) is 8.42 Å². The van der Waals surface area contributed by atoms with Crippen LogP contribution in [0, 0.1) is 0 Å². The molecule has 6 nitrogen and oxygen atoms in total. The van der Waals surface area contributed by atoms with E-state index < -0.39 is 9.84 Å². The number of carbonyl (C=O) groups excluding carboxylic acids is 1. The van der Waals surface area contributed by atoms with Crippen LogP contribution >= 0.6 is 0 Å². The number of piperazine rings is 1. The number of hydrogen-bond acceptors (Lipinski definition) is 5. The van der Waals surface area contributed by atoms with Crippen molar-refractivity contribution in [3.05, 3.63) is 48.5 Å². The Kier molecular flexibility index (Phi) is 6.59. The lowest BCUT2D eigenvalue weighted by molar-refractivity contribution is -0.116. The summed E-state index contributed by atoms with van der Waals surface area (Å²) in [6.45, 7) is 7.57. The SMILES string of the molecule is CCCN(C(C)=O)c1cc(N2CCN(C)CC2)ccc1S(=O)(=O)c1ccccc1. The molecule has 1 aliphatic rings. The molecule has 156 valence electrons. The van der Waals surface area contributed by atoms with Crippen LogP contribution in [0.3, 0.4) is 0 Å². The first kappa shape index (κ1) is 21.3. The van der Waals surface area contributed by atoms with E-state index in [0.717, 1.165) is 38.3 Å². The molecule has 0 aromatic heterocycles. The summed E-state index contributed by atoms with van der Waals surface area (Å²) < 4.78 is 26.7. The van der Waals surface area contributed by atoms with E-state index >= 15 is 0 Å². The molecule has 0 atom stereocenters. The predicted molar refractivity (Wildman–Crippen MR) is 116 cm³/mol. The smallest absolute Gasteiger partial charge is 0.223 e. The molecule has 0 spiro atoms. The molecule has 1 heterocycles. The van der Waals surface area contributed by atoms with E-state index in [2.05, 4.69) is 16.8 Å². The Morgan fingerprint density at radius 3 is 2.28 bits per heavy atom. The first-order valence-corrected chi connectivity index (χ1v) is 11.5. The Morgan fingerprint density at radius 2 is 1.69 bits per heavy atom. The van der Waals surface area contributed by atoms with Gasteiger partial charge in [0.15, 0.2) is 0 Å². The number of hydrogen-bond donors (Lipinski definition) is 0. The lowest BCUT2D eigenvalue weighted by Crippen LogP contribution is -2.44. The molecule has 29 heavy (non-hydrogen) atoms. The van der Waals surface area contributed by atoms with Gasteiger partial charge in [-0.3, -0.25) is 4.79 Å². The molecule has 0 saturated carbocycles. The van der Waals surface area contributed by atoms with Crippen LogP contribution < -0.4 is 9.80 Å². The lowest BCUT2D eigenvalue weighted by atomic mass is 10.2. The van der Waals surface area contributed by atoms with Gasteiger partial charge in [-0.2, -0.15) is 0 Å². The number of carbonyl (C=O) groups is 1. The molecule has 7 heteroatoms. The molecule has 0 N–H and O–H groups in total. The summed E-state index contributed by atoms with van der Waals surface area (Å²) in [5.41, 5.74) is 1.40. The average molecular weight is 416 g/mol. The summed E-state index contributed by atoms with van der Waals surface area (Å²) in [5.74, 6) is -0.160. The van der Waals surface area contributed by atoms with E-state index in [4.69, 9.17) is 0 Å². The van der Waals surface area contributed by atoms with Crippen LogP contribution in [0.5, 0.6) is 0 Å². The van der Waals surface area contributed by atoms with Crippen LogP contribution in [0.4, 0.5) is 11.4 Å². The highest BCUT2D eigenvalue weighted by molar-refractivity contribution is 7.91. The molecular weight excluding hydrogens is 386 g/mol. The third kappa shape index (κ3) is 4.62. The van der Waals surface area contributed by atoms with Crippen molar-refractivity contribution in [2.24, 2.45) is 0 Å². The Hall–Kier alpha value is -2.38. The third-order valence-electron chi connectivity index (χ3n) is 5.27. The van der Waals surface area contributed by atoms with Crippen LogP contribution in [0.25, 0.3) is 0 Å².